The maximum Gasteiger partial charge on any atom is 0.295 e. The highest BCUT2D eigenvalue weighted by Crippen LogP contribution is 2.14. The molecule has 0 atom stereocenters. The van der Waals surface area contributed by atoms with Gasteiger partial charge in [0.05, 0.1) is 12.4 Å². The molecule has 126 valence electrons. The summed E-state index contributed by atoms with van der Waals surface area (Å²) in [6.07, 6.45) is 2.19. The van der Waals surface area contributed by atoms with E-state index in [9.17, 15) is 16.8 Å². The van der Waals surface area contributed by atoms with Crippen LogP contribution in [-0.2, 0) is 20.2 Å². The second kappa shape index (κ2) is 7.01. The van der Waals surface area contributed by atoms with Gasteiger partial charge in [0.1, 0.15) is 9.79 Å². The molecule has 0 saturated carbocycles. The first-order valence-electron chi connectivity index (χ1n) is 6.39. The summed E-state index contributed by atoms with van der Waals surface area (Å²) in [4.78, 5) is -0.662. The summed E-state index contributed by atoms with van der Waals surface area (Å²) in [6.45, 7) is 0. The number of benzene rings is 2. The highest BCUT2D eigenvalue weighted by atomic mass is 32.2. The molecular formula is C14H12N2O6S2. The third kappa shape index (κ3) is 4.55. The maximum absolute atomic E-state index is 11.2. The predicted octanol–water partition coefficient (Wildman–Crippen LogP) is 1.63. The predicted molar refractivity (Wildman–Crippen MR) is 87.7 cm³/mol. The van der Waals surface area contributed by atoms with Crippen molar-refractivity contribution in [2.75, 3.05) is 0 Å². The third-order valence-corrected chi connectivity index (χ3v) is 4.71. The molecule has 0 amide bonds. The Morgan fingerprint density at radius 1 is 0.667 bits per heavy atom. The average Bonchev–Trinajstić information content (AvgIpc) is 2.50. The van der Waals surface area contributed by atoms with Gasteiger partial charge in [-0.25, -0.2) is 0 Å². The minimum Gasteiger partial charge on any atom is -0.282 e. The zero-order valence-corrected chi connectivity index (χ0v) is 13.6. The Bertz CT molecular complexity index is 928. The molecule has 2 rings (SSSR count). The number of hydrogen-bond donors (Lipinski definition) is 2. The van der Waals surface area contributed by atoms with E-state index in [4.69, 9.17) is 9.11 Å². The van der Waals surface area contributed by atoms with Crippen LogP contribution in [0.25, 0.3) is 0 Å². The Hall–Kier alpha value is -2.40. The molecule has 2 N–H and O–H groups in total. The van der Waals surface area contributed by atoms with Gasteiger partial charge in [-0.2, -0.15) is 27.0 Å². The Labute approximate surface area is 138 Å². The van der Waals surface area contributed by atoms with Crippen molar-refractivity contribution < 1.29 is 25.9 Å². The summed E-state index contributed by atoms with van der Waals surface area (Å²) in [5.74, 6) is 0. The lowest BCUT2D eigenvalue weighted by Gasteiger charge is -2.01. The molecule has 0 heterocycles. The maximum atomic E-state index is 11.2. The minimum absolute atomic E-state index is 0.111. The number of nitrogens with zero attached hydrogens (tertiary/aromatic N) is 2. The summed E-state index contributed by atoms with van der Waals surface area (Å²) in [7, 11) is -8.81. The molecule has 0 spiro atoms. The first kappa shape index (κ1) is 17.9. The fourth-order valence-electron chi connectivity index (χ4n) is 1.84. The number of hydrogen-bond acceptors (Lipinski definition) is 6. The van der Waals surface area contributed by atoms with E-state index >= 15 is 0 Å². The van der Waals surface area contributed by atoms with Crippen LogP contribution in [0.4, 0.5) is 0 Å². The van der Waals surface area contributed by atoms with Crippen LogP contribution >= 0.6 is 0 Å². The van der Waals surface area contributed by atoms with Gasteiger partial charge in [-0.1, -0.05) is 36.4 Å². The highest BCUT2D eigenvalue weighted by Gasteiger charge is 2.14. The molecule has 8 nitrogen and oxygen atoms in total. The van der Waals surface area contributed by atoms with Crippen LogP contribution in [0.3, 0.4) is 0 Å². The standard InChI is InChI=1S/C14H12N2O6S2/c17-23(18,19)13-7-3-1-5-11(13)9-15-16-10-12-6-2-4-8-14(12)24(20,21)22/h1-10H,(H,17,18,19)(H,20,21,22). The first-order valence-corrected chi connectivity index (χ1v) is 9.27. The molecule has 2 aromatic carbocycles. The van der Waals surface area contributed by atoms with Gasteiger partial charge in [-0.3, -0.25) is 9.11 Å². The summed E-state index contributed by atoms with van der Waals surface area (Å²) in [6, 6.07) is 11.2. The van der Waals surface area contributed by atoms with Crippen molar-refractivity contribution >= 4 is 32.7 Å². The van der Waals surface area contributed by atoms with Crippen LogP contribution in [0, 0.1) is 0 Å². The molecule has 0 aliphatic carbocycles. The summed E-state index contributed by atoms with van der Waals surface area (Å²) in [5.41, 5.74) is 0.223. The van der Waals surface area contributed by atoms with E-state index in [0.717, 1.165) is 12.4 Å². The smallest absolute Gasteiger partial charge is 0.282 e. The molecule has 0 saturated heterocycles. The molecule has 0 aliphatic heterocycles. The fourth-order valence-corrected chi connectivity index (χ4v) is 3.17. The van der Waals surface area contributed by atoms with Gasteiger partial charge in [0, 0.05) is 11.1 Å². The molecule has 0 fully saturated rings. The first-order chi connectivity index (χ1) is 11.2. The molecule has 0 aliphatic rings. The molecule has 2 aromatic rings. The molecule has 10 heteroatoms. The van der Waals surface area contributed by atoms with E-state index in [1.807, 2.05) is 0 Å². The second-order valence-corrected chi connectivity index (χ2v) is 7.29. The molecule has 0 unspecified atom stereocenters. The zero-order valence-electron chi connectivity index (χ0n) is 12.0. The molecule has 24 heavy (non-hydrogen) atoms. The quantitative estimate of drug-likeness (QED) is 0.468. The van der Waals surface area contributed by atoms with E-state index < -0.39 is 20.2 Å². The van der Waals surface area contributed by atoms with Crippen LogP contribution in [0.1, 0.15) is 11.1 Å². The van der Waals surface area contributed by atoms with Gasteiger partial charge in [-0.15, -0.1) is 0 Å². The van der Waals surface area contributed by atoms with E-state index in [0.29, 0.717) is 0 Å². The Balaban J connectivity index is 2.31. The topological polar surface area (TPSA) is 133 Å². The van der Waals surface area contributed by atoms with Crippen LogP contribution in [0.15, 0.2) is 68.5 Å². The minimum atomic E-state index is -4.40. The Morgan fingerprint density at radius 3 is 1.33 bits per heavy atom. The SMILES string of the molecule is O=S(=O)(O)c1ccccc1C=NN=Cc1ccccc1S(=O)(=O)O. The lowest BCUT2D eigenvalue weighted by atomic mass is 10.2. The van der Waals surface area contributed by atoms with Gasteiger partial charge in [-0.05, 0) is 12.1 Å². The normalized spacial score (nSPS) is 12.9. The van der Waals surface area contributed by atoms with Crippen LogP contribution in [-0.4, -0.2) is 38.4 Å². The van der Waals surface area contributed by atoms with Crippen molar-refractivity contribution in [1.29, 1.82) is 0 Å². The van der Waals surface area contributed by atoms with Crippen molar-refractivity contribution in [1.82, 2.24) is 0 Å². The van der Waals surface area contributed by atoms with Gasteiger partial charge in [0.15, 0.2) is 0 Å². The summed E-state index contributed by atoms with van der Waals surface area (Å²) in [5, 5.41) is 7.25. The summed E-state index contributed by atoms with van der Waals surface area (Å²) >= 11 is 0. The van der Waals surface area contributed by atoms with Crippen molar-refractivity contribution in [3.63, 3.8) is 0 Å². The van der Waals surface area contributed by atoms with E-state index in [1.54, 1.807) is 12.1 Å². The lowest BCUT2D eigenvalue weighted by Crippen LogP contribution is -2.02. The monoisotopic (exact) mass is 368 g/mol. The van der Waals surface area contributed by atoms with Gasteiger partial charge < -0.3 is 0 Å². The Morgan fingerprint density at radius 2 is 1.00 bits per heavy atom. The largest absolute Gasteiger partial charge is 0.295 e. The second-order valence-electron chi connectivity index (χ2n) is 4.51. The summed E-state index contributed by atoms with van der Waals surface area (Å²) < 4.78 is 63.1. The van der Waals surface area contributed by atoms with Gasteiger partial charge >= 0.3 is 0 Å². The van der Waals surface area contributed by atoms with Gasteiger partial charge in [0.2, 0.25) is 0 Å². The molecule has 0 aromatic heterocycles. The molecule has 0 bridgehead atoms. The van der Waals surface area contributed by atoms with E-state index in [1.165, 1.54) is 36.4 Å². The van der Waals surface area contributed by atoms with Crippen molar-refractivity contribution in [2.45, 2.75) is 9.79 Å². The van der Waals surface area contributed by atoms with E-state index in [-0.39, 0.29) is 20.9 Å². The lowest BCUT2D eigenvalue weighted by molar-refractivity contribution is 0.481. The molecule has 0 radical (unpaired) electrons. The van der Waals surface area contributed by atoms with Crippen LogP contribution < -0.4 is 0 Å². The van der Waals surface area contributed by atoms with E-state index in [2.05, 4.69) is 10.2 Å². The van der Waals surface area contributed by atoms with Crippen molar-refractivity contribution in [3.8, 4) is 0 Å². The van der Waals surface area contributed by atoms with Crippen LogP contribution in [0.2, 0.25) is 0 Å². The fraction of sp³-hybridized carbons (Fsp3) is 0. The van der Waals surface area contributed by atoms with Crippen molar-refractivity contribution in [2.24, 2.45) is 10.2 Å². The Kier molecular flexibility index (Phi) is 5.24. The van der Waals surface area contributed by atoms with Crippen LogP contribution in [0.5, 0.6) is 0 Å². The van der Waals surface area contributed by atoms with Crippen molar-refractivity contribution in [3.05, 3.63) is 59.7 Å². The number of rotatable bonds is 5. The third-order valence-electron chi connectivity index (χ3n) is 2.85. The average molecular weight is 368 g/mol. The van der Waals surface area contributed by atoms with Gasteiger partial charge in [0.25, 0.3) is 20.2 Å². The highest BCUT2D eigenvalue weighted by molar-refractivity contribution is 7.86. The zero-order chi connectivity index (χ0) is 17.8. The molecular weight excluding hydrogens is 356 g/mol.